The lowest BCUT2D eigenvalue weighted by Gasteiger charge is -2.22. The average Bonchev–Trinajstić information content (AvgIpc) is 2.87. The smallest absolute Gasteiger partial charge is 0.310 e. The van der Waals surface area contributed by atoms with E-state index in [4.69, 9.17) is 4.74 Å². The molecule has 1 spiro atoms. The van der Waals surface area contributed by atoms with Crippen LogP contribution in [0.4, 0.5) is 0 Å². The normalized spacial score (nSPS) is 40.9. The van der Waals surface area contributed by atoms with Gasteiger partial charge in [-0.1, -0.05) is 26.0 Å². The van der Waals surface area contributed by atoms with Gasteiger partial charge in [0, 0.05) is 6.54 Å². The van der Waals surface area contributed by atoms with Crippen molar-refractivity contribution in [2.45, 2.75) is 25.6 Å². The molecule has 2 saturated heterocycles. The van der Waals surface area contributed by atoms with E-state index in [9.17, 15) is 14.7 Å². The summed E-state index contributed by atoms with van der Waals surface area (Å²) >= 11 is 0. The summed E-state index contributed by atoms with van der Waals surface area (Å²) in [6, 6.07) is 0. The molecule has 3 rings (SSSR count). The van der Waals surface area contributed by atoms with Gasteiger partial charge in [-0.25, -0.2) is 0 Å². The molecule has 0 aromatic heterocycles. The second-order valence-corrected chi connectivity index (χ2v) is 5.85. The Morgan fingerprint density at radius 3 is 3.00 bits per heavy atom. The second-order valence-electron chi connectivity index (χ2n) is 5.85. The molecule has 0 aromatic rings. The van der Waals surface area contributed by atoms with E-state index in [2.05, 4.69) is 0 Å². The highest BCUT2D eigenvalue weighted by atomic mass is 16.5. The quantitative estimate of drug-likeness (QED) is 0.742. The molecule has 18 heavy (non-hydrogen) atoms. The van der Waals surface area contributed by atoms with Gasteiger partial charge in [-0.15, -0.1) is 0 Å². The van der Waals surface area contributed by atoms with Crippen molar-refractivity contribution < 1.29 is 19.4 Å². The zero-order valence-corrected chi connectivity index (χ0v) is 10.5. The van der Waals surface area contributed by atoms with Gasteiger partial charge in [0.15, 0.2) is 0 Å². The Morgan fingerprint density at radius 1 is 1.67 bits per heavy atom. The standard InChI is InChI=1S/C13H17NO4/c1-7(2)5-14-6-13-4-3-8(18-13)9(12(16)17)10(13)11(14)15/h3-4,7-10H,5-6H2,1-2H3,(H,16,17)/t8-,9+,10-,13+/m0/s1. The van der Waals surface area contributed by atoms with Crippen LogP contribution in [0.25, 0.3) is 0 Å². The summed E-state index contributed by atoms with van der Waals surface area (Å²) in [6.45, 7) is 5.24. The maximum Gasteiger partial charge on any atom is 0.310 e. The molecule has 2 fully saturated rings. The third-order valence-corrected chi connectivity index (χ3v) is 4.05. The van der Waals surface area contributed by atoms with E-state index in [0.717, 1.165) is 0 Å². The molecule has 1 amide bonds. The third-order valence-electron chi connectivity index (χ3n) is 4.05. The first-order valence-corrected chi connectivity index (χ1v) is 6.33. The van der Waals surface area contributed by atoms with Gasteiger partial charge >= 0.3 is 5.97 Å². The fourth-order valence-electron chi connectivity index (χ4n) is 3.46. The predicted octanol–water partition coefficient (Wildman–Crippen LogP) is 0.509. The molecule has 1 N–H and O–H groups in total. The summed E-state index contributed by atoms with van der Waals surface area (Å²) < 4.78 is 5.79. The SMILES string of the molecule is CC(C)CN1C[C@@]23C=C[C@H](O2)[C@@H](C(=O)O)[C@H]3C1=O. The number of carboxylic acids is 1. The van der Waals surface area contributed by atoms with Crippen molar-refractivity contribution in [3.8, 4) is 0 Å². The number of hydrogen-bond donors (Lipinski definition) is 1. The van der Waals surface area contributed by atoms with Gasteiger partial charge in [0.05, 0.1) is 18.6 Å². The summed E-state index contributed by atoms with van der Waals surface area (Å²) in [6.07, 6.45) is 3.25. The molecule has 3 aliphatic heterocycles. The number of hydrogen-bond acceptors (Lipinski definition) is 3. The molecule has 5 heteroatoms. The number of nitrogens with zero attached hydrogens (tertiary/aromatic N) is 1. The van der Waals surface area contributed by atoms with Gasteiger partial charge in [0.1, 0.15) is 11.5 Å². The van der Waals surface area contributed by atoms with Gasteiger partial charge < -0.3 is 14.7 Å². The highest BCUT2D eigenvalue weighted by Crippen LogP contribution is 2.51. The maximum atomic E-state index is 12.4. The molecule has 3 heterocycles. The van der Waals surface area contributed by atoms with Crippen LogP contribution in [0.1, 0.15) is 13.8 Å². The number of carbonyl (C=O) groups is 2. The van der Waals surface area contributed by atoms with E-state index in [0.29, 0.717) is 19.0 Å². The summed E-state index contributed by atoms with van der Waals surface area (Å²) in [7, 11) is 0. The average molecular weight is 251 g/mol. The fourth-order valence-corrected chi connectivity index (χ4v) is 3.46. The Morgan fingerprint density at radius 2 is 2.39 bits per heavy atom. The molecular weight excluding hydrogens is 234 g/mol. The summed E-state index contributed by atoms with van der Waals surface area (Å²) in [5.41, 5.74) is -0.681. The number of fused-ring (bicyclic) bond motifs is 1. The highest BCUT2D eigenvalue weighted by molar-refractivity contribution is 5.90. The van der Waals surface area contributed by atoms with E-state index < -0.39 is 29.5 Å². The van der Waals surface area contributed by atoms with Gasteiger partial charge in [-0.3, -0.25) is 9.59 Å². The number of likely N-dealkylation sites (tertiary alicyclic amines) is 1. The zero-order valence-electron chi connectivity index (χ0n) is 10.5. The van der Waals surface area contributed by atoms with E-state index in [1.807, 2.05) is 19.9 Å². The predicted molar refractivity (Wildman–Crippen MR) is 62.8 cm³/mol. The van der Waals surface area contributed by atoms with E-state index >= 15 is 0 Å². The highest BCUT2D eigenvalue weighted by Gasteiger charge is 2.66. The lowest BCUT2D eigenvalue weighted by Crippen LogP contribution is -2.39. The Hall–Kier alpha value is -1.36. The van der Waals surface area contributed by atoms with Crippen LogP contribution in [0, 0.1) is 17.8 Å². The first kappa shape index (κ1) is 11.7. The summed E-state index contributed by atoms with van der Waals surface area (Å²) in [5.74, 6) is -1.89. The van der Waals surface area contributed by atoms with Crippen molar-refractivity contribution in [3.63, 3.8) is 0 Å². The van der Waals surface area contributed by atoms with Gasteiger partial charge in [-0.05, 0) is 5.92 Å². The van der Waals surface area contributed by atoms with Crippen LogP contribution in [0.3, 0.4) is 0 Å². The number of rotatable bonds is 3. The minimum atomic E-state index is -0.934. The molecule has 0 saturated carbocycles. The van der Waals surface area contributed by atoms with E-state index in [1.165, 1.54) is 0 Å². The largest absolute Gasteiger partial charge is 0.481 e. The molecule has 4 atom stereocenters. The molecule has 0 aromatic carbocycles. The number of ether oxygens (including phenoxy) is 1. The first-order chi connectivity index (χ1) is 8.44. The van der Waals surface area contributed by atoms with Crippen LogP contribution < -0.4 is 0 Å². The minimum absolute atomic E-state index is 0.0667. The lowest BCUT2D eigenvalue weighted by molar-refractivity contribution is -0.148. The monoisotopic (exact) mass is 251 g/mol. The molecule has 98 valence electrons. The first-order valence-electron chi connectivity index (χ1n) is 6.33. The molecule has 3 aliphatic rings. The number of carbonyl (C=O) groups excluding carboxylic acids is 1. The van der Waals surface area contributed by atoms with Crippen molar-refractivity contribution in [1.29, 1.82) is 0 Å². The van der Waals surface area contributed by atoms with Crippen LogP contribution >= 0.6 is 0 Å². The fraction of sp³-hybridized carbons (Fsp3) is 0.692. The van der Waals surface area contributed by atoms with Crippen LogP contribution in [-0.2, 0) is 14.3 Å². The van der Waals surface area contributed by atoms with Gasteiger partial charge in [-0.2, -0.15) is 0 Å². The number of amides is 1. The van der Waals surface area contributed by atoms with Crippen molar-refractivity contribution in [2.75, 3.05) is 13.1 Å². The van der Waals surface area contributed by atoms with Crippen molar-refractivity contribution >= 4 is 11.9 Å². The zero-order chi connectivity index (χ0) is 13.1. The summed E-state index contributed by atoms with van der Waals surface area (Å²) in [5, 5.41) is 9.28. The lowest BCUT2D eigenvalue weighted by atomic mass is 9.77. The molecule has 0 unspecified atom stereocenters. The number of aliphatic carboxylic acids is 1. The Bertz CT molecular complexity index is 444. The number of carboxylic acid groups (broad SMARTS) is 1. The van der Waals surface area contributed by atoms with E-state index in [1.54, 1.807) is 11.0 Å². The van der Waals surface area contributed by atoms with Gasteiger partial charge in [0.25, 0.3) is 0 Å². The van der Waals surface area contributed by atoms with E-state index in [-0.39, 0.29) is 5.91 Å². The van der Waals surface area contributed by atoms with Crippen LogP contribution in [-0.4, -0.2) is 46.7 Å². The van der Waals surface area contributed by atoms with Crippen LogP contribution in [0.5, 0.6) is 0 Å². The van der Waals surface area contributed by atoms with Crippen LogP contribution in [0.15, 0.2) is 12.2 Å². The molecule has 0 radical (unpaired) electrons. The van der Waals surface area contributed by atoms with Crippen molar-refractivity contribution in [2.24, 2.45) is 17.8 Å². The molecular formula is C13H17NO4. The second kappa shape index (κ2) is 3.57. The topological polar surface area (TPSA) is 66.8 Å². The van der Waals surface area contributed by atoms with Crippen LogP contribution in [0.2, 0.25) is 0 Å². The molecule has 5 nitrogen and oxygen atoms in total. The molecule has 2 bridgehead atoms. The Balaban J connectivity index is 1.92. The molecule has 0 aliphatic carbocycles. The van der Waals surface area contributed by atoms with Crippen molar-refractivity contribution in [1.82, 2.24) is 4.90 Å². The summed E-state index contributed by atoms with van der Waals surface area (Å²) in [4.78, 5) is 25.4. The third kappa shape index (κ3) is 1.37. The van der Waals surface area contributed by atoms with Crippen molar-refractivity contribution in [3.05, 3.63) is 12.2 Å². The Labute approximate surface area is 105 Å². The minimum Gasteiger partial charge on any atom is -0.481 e. The maximum absolute atomic E-state index is 12.4. The Kier molecular flexibility index (Phi) is 2.32. The van der Waals surface area contributed by atoms with Gasteiger partial charge in [0.2, 0.25) is 5.91 Å².